The molecule has 9 heteroatoms. The van der Waals surface area contributed by atoms with Crippen LogP contribution in [0.1, 0.15) is 24.0 Å². The lowest BCUT2D eigenvalue weighted by Gasteiger charge is -2.19. The van der Waals surface area contributed by atoms with Crippen LogP contribution in [-0.4, -0.2) is 25.7 Å². The van der Waals surface area contributed by atoms with Crippen LogP contribution in [0.25, 0.3) is 10.6 Å². The topological polar surface area (TPSA) is 81.2 Å². The highest BCUT2D eigenvalue weighted by Crippen LogP contribution is 2.34. The van der Waals surface area contributed by atoms with Crippen molar-refractivity contribution in [2.45, 2.75) is 30.6 Å². The summed E-state index contributed by atoms with van der Waals surface area (Å²) in [4.78, 5) is 0.124. The lowest BCUT2D eigenvalue weighted by Crippen LogP contribution is -2.15. The summed E-state index contributed by atoms with van der Waals surface area (Å²) >= 11 is 7.06. The number of benzene rings is 2. The summed E-state index contributed by atoms with van der Waals surface area (Å²) in [5.41, 5.74) is 3.04. The smallest absolute Gasteiger partial charge is 0.267 e. The first-order valence-corrected chi connectivity index (χ1v) is 11.5. The molecule has 0 atom stereocenters. The molecule has 1 aliphatic rings. The van der Waals surface area contributed by atoms with Crippen molar-refractivity contribution in [3.8, 4) is 16.3 Å². The van der Waals surface area contributed by atoms with Gasteiger partial charge in [-0.1, -0.05) is 35.1 Å². The highest BCUT2D eigenvalue weighted by Gasteiger charge is 2.24. The molecule has 0 bridgehead atoms. The van der Waals surface area contributed by atoms with E-state index in [9.17, 15) is 8.42 Å². The van der Waals surface area contributed by atoms with Crippen molar-refractivity contribution in [2.24, 2.45) is 0 Å². The summed E-state index contributed by atoms with van der Waals surface area (Å²) in [7, 11) is -2.37. The van der Waals surface area contributed by atoms with Crippen LogP contribution >= 0.6 is 22.9 Å². The van der Waals surface area contributed by atoms with E-state index in [4.69, 9.17) is 16.3 Å². The van der Waals surface area contributed by atoms with Crippen LogP contribution < -0.4 is 9.46 Å². The Morgan fingerprint density at radius 2 is 1.75 bits per heavy atom. The maximum Gasteiger partial charge on any atom is 0.267 e. The number of ether oxygens (including phenoxy) is 1. The molecule has 0 spiro atoms. The molecule has 28 heavy (non-hydrogen) atoms. The largest absolute Gasteiger partial charge is 0.495 e. The fourth-order valence-electron chi connectivity index (χ4n) is 3.25. The van der Waals surface area contributed by atoms with E-state index in [0.717, 1.165) is 53.7 Å². The summed E-state index contributed by atoms with van der Waals surface area (Å²) < 4.78 is 33.9. The molecule has 0 saturated heterocycles. The number of fused-ring (bicyclic) bond motifs is 1. The minimum absolute atomic E-state index is 0.124. The third-order valence-electron chi connectivity index (χ3n) is 4.66. The number of hydrogen-bond donors (Lipinski definition) is 1. The lowest BCUT2D eigenvalue weighted by molar-refractivity contribution is 0.401. The molecular weight excluding hydrogens is 418 g/mol. The zero-order valence-corrected chi connectivity index (χ0v) is 17.5. The van der Waals surface area contributed by atoms with Crippen molar-refractivity contribution in [1.82, 2.24) is 10.2 Å². The number of anilines is 1. The van der Waals surface area contributed by atoms with Crippen LogP contribution in [-0.2, 0) is 22.9 Å². The minimum Gasteiger partial charge on any atom is -0.495 e. The Balaban J connectivity index is 1.64. The Labute approximate surface area is 172 Å². The molecule has 1 aliphatic carbocycles. The van der Waals surface area contributed by atoms with Crippen LogP contribution in [0.15, 0.2) is 41.3 Å². The summed E-state index contributed by atoms with van der Waals surface area (Å²) in [5, 5.41) is 9.47. The number of nitrogens with one attached hydrogen (secondary N) is 1. The number of aryl methyl sites for hydroxylation is 2. The van der Waals surface area contributed by atoms with Crippen LogP contribution in [0.2, 0.25) is 5.02 Å². The van der Waals surface area contributed by atoms with Gasteiger partial charge >= 0.3 is 0 Å². The van der Waals surface area contributed by atoms with E-state index in [1.807, 2.05) is 18.2 Å². The number of nitrogens with zero attached hydrogens (tertiary/aromatic N) is 2. The van der Waals surface area contributed by atoms with Crippen LogP contribution in [0, 0.1) is 0 Å². The SMILES string of the molecule is COc1cc2c(cc1S(=O)(=O)Nc1nnc(-c3ccc(Cl)cc3)s1)CCCC2. The maximum absolute atomic E-state index is 13.0. The van der Waals surface area contributed by atoms with Gasteiger partial charge in [-0.05, 0) is 61.1 Å². The van der Waals surface area contributed by atoms with Gasteiger partial charge in [-0.15, -0.1) is 10.2 Å². The quantitative estimate of drug-likeness (QED) is 0.635. The number of hydrogen-bond acceptors (Lipinski definition) is 6. The first-order chi connectivity index (χ1) is 13.5. The minimum atomic E-state index is -3.85. The molecule has 0 fully saturated rings. The fraction of sp³-hybridized carbons (Fsp3) is 0.263. The van der Waals surface area contributed by atoms with Crippen molar-refractivity contribution in [3.63, 3.8) is 0 Å². The predicted molar refractivity (Wildman–Crippen MR) is 111 cm³/mol. The fourth-order valence-corrected chi connectivity index (χ4v) is 5.56. The van der Waals surface area contributed by atoms with Gasteiger partial charge in [0, 0.05) is 10.6 Å². The number of methoxy groups -OCH3 is 1. The van der Waals surface area contributed by atoms with Gasteiger partial charge in [0.1, 0.15) is 15.7 Å². The van der Waals surface area contributed by atoms with E-state index in [1.165, 1.54) is 7.11 Å². The van der Waals surface area contributed by atoms with E-state index in [1.54, 1.807) is 18.2 Å². The average molecular weight is 436 g/mol. The second-order valence-corrected chi connectivity index (χ2v) is 9.57. The van der Waals surface area contributed by atoms with Gasteiger partial charge in [-0.25, -0.2) is 8.42 Å². The third kappa shape index (κ3) is 3.85. The van der Waals surface area contributed by atoms with Crippen LogP contribution in [0.5, 0.6) is 5.75 Å². The van der Waals surface area contributed by atoms with E-state index in [0.29, 0.717) is 15.8 Å². The van der Waals surface area contributed by atoms with E-state index < -0.39 is 10.0 Å². The van der Waals surface area contributed by atoms with E-state index >= 15 is 0 Å². The van der Waals surface area contributed by atoms with Gasteiger partial charge in [0.25, 0.3) is 10.0 Å². The highest BCUT2D eigenvalue weighted by atomic mass is 35.5. The Morgan fingerprint density at radius 3 is 2.43 bits per heavy atom. The number of rotatable bonds is 5. The second-order valence-electron chi connectivity index (χ2n) is 6.50. The molecule has 1 heterocycles. The van der Waals surface area contributed by atoms with Crippen molar-refractivity contribution in [3.05, 3.63) is 52.5 Å². The normalized spacial score (nSPS) is 13.8. The van der Waals surface area contributed by atoms with Crippen LogP contribution in [0.3, 0.4) is 0 Å². The van der Waals surface area contributed by atoms with Crippen molar-refractivity contribution >= 4 is 38.1 Å². The summed E-state index contributed by atoms with van der Waals surface area (Å²) in [6, 6.07) is 10.7. The predicted octanol–water partition coefficient (Wildman–Crippen LogP) is 4.55. The van der Waals surface area contributed by atoms with Gasteiger partial charge in [-0.2, -0.15) is 0 Å². The zero-order valence-electron chi connectivity index (χ0n) is 15.1. The highest BCUT2D eigenvalue weighted by molar-refractivity contribution is 7.93. The van der Waals surface area contributed by atoms with E-state index in [-0.39, 0.29) is 10.0 Å². The molecule has 0 unspecified atom stereocenters. The molecular formula is C19H18ClN3O3S2. The standard InChI is InChI=1S/C19H18ClN3O3S2/c1-26-16-10-13-4-2-3-5-14(13)11-17(16)28(24,25)23-19-22-21-18(27-19)12-6-8-15(20)9-7-12/h6-11H,2-5H2,1H3,(H,22,23). The lowest BCUT2D eigenvalue weighted by atomic mass is 9.92. The molecule has 1 aromatic heterocycles. The zero-order chi connectivity index (χ0) is 19.7. The average Bonchev–Trinajstić information content (AvgIpc) is 3.15. The van der Waals surface area contributed by atoms with Gasteiger partial charge in [0.05, 0.1) is 7.11 Å². The number of sulfonamides is 1. The third-order valence-corrected chi connectivity index (χ3v) is 7.28. The Hall–Kier alpha value is -2.16. The molecule has 0 saturated carbocycles. The summed E-state index contributed by atoms with van der Waals surface area (Å²) in [6.07, 6.45) is 3.99. The Morgan fingerprint density at radius 1 is 1.07 bits per heavy atom. The van der Waals surface area contributed by atoms with Gasteiger partial charge in [-0.3, -0.25) is 4.72 Å². The molecule has 146 valence electrons. The molecule has 6 nitrogen and oxygen atoms in total. The number of halogens is 1. The van der Waals surface area contributed by atoms with Crippen molar-refractivity contribution in [1.29, 1.82) is 0 Å². The molecule has 0 aliphatic heterocycles. The monoisotopic (exact) mass is 435 g/mol. The Kier molecular flexibility index (Phi) is 5.27. The van der Waals surface area contributed by atoms with Crippen molar-refractivity contribution < 1.29 is 13.2 Å². The molecule has 1 N–H and O–H groups in total. The van der Waals surface area contributed by atoms with E-state index in [2.05, 4.69) is 14.9 Å². The first kappa shape index (κ1) is 19.2. The molecule has 0 amide bonds. The molecule has 4 rings (SSSR count). The first-order valence-electron chi connectivity index (χ1n) is 8.78. The van der Waals surface area contributed by atoms with Crippen LogP contribution in [0.4, 0.5) is 5.13 Å². The summed E-state index contributed by atoms with van der Waals surface area (Å²) in [5.74, 6) is 0.343. The van der Waals surface area contributed by atoms with Crippen molar-refractivity contribution in [2.75, 3.05) is 11.8 Å². The Bertz CT molecular complexity index is 1110. The van der Waals surface area contributed by atoms with Gasteiger partial charge in [0.15, 0.2) is 0 Å². The summed E-state index contributed by atoms with van der Waals surface area (Å²) in [6.45, 7) is 0. The second kappa shape index (κ2) is 7.69. The molecule has 3 aromatic rings. The van der Waals surface area contributed by atoms with Gasteiger partial charge < -0.3 is 4.74 Å². The maximum atomic E-state index is 13.0. The number of aromatic nitrogens is 2. The molecule has 2 aromatic carbocycles. The molecule has 0 radical (unpaired) electrons. The van der Waals surface area contributed by atoms with Gasteiger partial charge in [0.2, 0.25) is 5.13 Å².